The molecule has 0 unspecified atom stereocenters. The third kappa shape index (κ3) is 2.77. The monoisotopic (exact) mass is 273 g/mol. The number of hydrogen-bond acceptors (Lipinski definition) is 4. The number of nitro groups is 1. The van der Waals surface area contributed by atoms with Gasteiger partial charge in [-0.2, -0.15) is 5.26 Å². The summed E-state index contributed by atoms with van der Waals surface area (Å²) < 4.78 is 0. The number of aryl methyl sites for hydroxylation is 1. The summed E-state index contributed by atoms with van der Waals surface area (Å²) in [6.07, 6.45) is 3.07. The van der Waals surface area contributed by atoms with Crippen LogP contribution in [0.4, 0.5) is 5.69 Å². The first-order valence-electron chi connectivity index (χ1n) is 6.46. The second-order valence-electron chi connectivity index (χ2n) is 5.17. The highest BCUT2D eigenvalue weighted by atomic mass is 16.6. The van der Waals surface area contributed by atoms with Gasteiger partial charge in [-0.05, 0) is 44.2 Å². The van der Waals surface area contributed by atoms with Crippen LogP contribution in [0.5, 0.6) is 0 Å². The minimum atomic E-state index is -0.824. The number of hydrogen-bond donors (Lipinski definition) is 1. The fourth-order valence-corrected chi connectivity index (χ4v) is 2.53. The quantitative estimate of drug-likeness (QED) is 0.675. The summed E-state index contributed by atoms with van der Waals surface area (Å²) >= 11 is 0. The number of non-ortho nitro benzene ring substituents is 1. The third-order valence-corrected chi connectivity index (χ3v) is 3.56. The second kappa shape index (κ2) is 5.29. The zero-order valence-electron chi connectivity index (χ0n) is 11.2. The number of carbonyl (C=O) groups is 1. The number of carbonyl (C=O) groups excluding carboxylic acids is 1. The van der Waals surface area contributed by atoms with Crippen molar-refractivity contribution < 1.29 is 9.72 Å². The average molecular weight is 273 g/mol. The number of rotatable bonds is 3. The molecule has 6 nitrogen and oxygen atoms in total. The first-order chi connectivity index (χ1) is 9.46. The van der Waals surface area contributed by atoms with E-state index < -0.39 is 16.4 Å². The maximum Gasteiger partial charge on any atom is 0.270 e. The molecule has 1 aliphatic rings. The summed E-state index contributed by atoms with van der Waals surface area (Å²) in [5.74, 6) is -0.430. The highest BCUT2D eigenvalue weighted by Crippen LogP contribution is 2.29. The van der Waals surface area contributed by atoms with Gasteiger partial charge < -0.3 is 5.32 Å². The molecule has 1 N–H and O–H groups in total. The molecule has 6 heteroatoms. The van der Waals surface area contributed by atoms with E-state index in [9.17, 15) is 20.2 Å². The third-order valence-electron chi connectivity index (χ3n) is 3.56. The van der Waals surface area contributed by atoms with Crippen LogP contribution in [0.15, 0.2) is 18.2 Å². The van der Waals surface area contributed by atoms with Crippen LogP contribution in [0.3, 0.4) is 0 Å². The molecular weight excluding hydrogens is 258 g/mol. The van der Waals surface area contributed by atoms with E-state index in [1.807, 2.05) is 0 Å². The first kappa shape index (κ1) is 14.0. The molecule has 0 aromatic heterocycles. The van der Waals surface area contributed by atoms with Crippen molar-refractivity contribution in [1.29, 1.82) is 5.26 Å². The predicted molar refractivity (Wildman–Crippen MR) is 72.1 cm³/mol. The van der Waals surface area contributed by atoms with Crippen LogP contribution in [-0.2, 0) is 0 Å². The van der Waals surface area contributed by atoms with Crippen molar-refractivity contribution in [2.45, 2.75) is 38.1 Å². The molecule has 20 heavy (non-hydrogen) atoms. The lowest BCUT2D eigenvalue weighted by Crippen LogP contribution is -2.45. The Hall–Kier alpha value is -2.42. The summed E-state index contributed by atoms with van der Waals surface area (Å²) in [5.41, 5.74) is -0.0807. The molecule has 1 aromatic rings. The normalized spacial score (nSPS) is 16.4. The van der Waals surface area contributed by atoms with E-state index in [2.05, 4.69) is 11.4 Å². The average Bonchev–Trinajstić information content (AvgIpc) is 2.87. The Bertz CT molecular complexity index is 598. The molecule has 0 spiro atoms. The van der Waals surface area contributed by atoms with Crippen molar-refractivity contribution in [1.82, 2.24) is 5.32 Å². The Morgan fingerprint density at radius 2 is 2.05 bits per heavy atom. The van der Waals surface area contributed by atoms with Gasteiger partial charge in [-0.15, -0.1) is 0 Å². The van der Waals surface area contributed by atoms with Crippen molar-refractivity contribution in [3.8, 4) is 6.07 Å². The number of amides is 1. The van der Waals surface area contributed by atoms with Gasteiger partial charge in [0.25, 0.3) is 11.6 Å². The molecular formula is C14H15N3O3. The topological polar surface area (TPSA) is 96.0 Å². The lowest BCUT2D eigenvalue weighted by molar-refractivity contribution is -0.384. The Morgan fingerprint density at radius 1 is 1.40 bits per heavy atom. The molecule has 0 saturated heterocycles. The SMILES string of the molecule is Cc1cc(C(=O)NC2(C#N)CCCC2)cc([N+](=O)[O-])c1. The van der Waals surface area contributed by atoms with Gasteiger partial charge in [0.15, 0.2) is 0 Å². The van der Waals surface area contributed by atoms with Gasteiger partial charge in [-0.1, -0.05) is 0 Å². The van der Waals surface area contributed by atoms with E-state index >= 15 is 0 Å². The van der Waals surface area contributed by atoms with Gasteiger partial charge >= 0.3 is 0 Å². The van der Waals surface area contributed by atoms with Crippen molar-refractivity contribution in [2.75, 3.05) is 0 Å². The van der Waals surface area contributed by atoms with E-state index in [1.54, 1.807) is 13.0 Å². The molecule has 104 valence electrons. The van der Waals surface area contributed by atoms with Crippen molar-refractivity contribution in [2.24, 2.45) is 0 Å². The number of nitrogens with zero attached hydrogens (tertiary/aromatic N) is 2. The van der Waals surface area contributed by atoms with Crippen LogP contribution < -0.4 is 5.32 Å². The van der Waals surface area contributed by atoms with Gasteiger partial charge in [-0.3, -0.25) is 14.9 Å². The molecule has 0 heterocycles. The Morgan fingerprint density at radius 3 is 2.60 bits per heavy atom. The molecule has 0 aliphatic heterocycles. The number of nitro benzene ring substituents is 1. The number of nitriles is 1. The maximum atomic E-state index is 12.2. The Kier molecular flexibility index (Phi) is 3.70. The molecule has 2 rings (SSSR count). The lowest BCUT2D eigenvalue weighted by Gasteiger charge is -2.22. The Balaban J connectivity index is 2.25. The summed E-state index contributed by atoms with van der Waals surface area (Å²) in [6, 6.07) is 6.40. The van der Waals surface area contributed by atoms with Crippen LogP contribution in [0.1, 0.15) is 41.6 Å². The fourth-order valence-electron chi connectivity index (χ4n) is 2.53. The minimum Gasteiger partial charge on any atom is -0.334 e. The highest BCUT2D eigenvalue weighted by molar-refractivity contribution is 5.95. The van der Waals surface area contributed by atoms with Gasteiger partial charge in [0, 0.05) is 17.7 Å². The number of nitrogens with one attached hydrogen (secondary N) is 1. The molecule has 0 radical (unpaired) electrons. The maximum absolute atomic E-state index is 12.2. The van der Waals surface area contributed by atoms with E-state index in [0.717, 1.165) is 12.8 Å². The molecule has 1 aromatic carbocycles. The van der Waals surface area contributed by atoms with E-state index in [-0.39, 0.29) is 11.3 Å². The van der Waals surface area contributed by atoms with Gasteiger partial charge in [0.1, 0.15) is 5.54 Å². The van der Waals surface area contributed by atoms with Crippen LogP contribution in [0, 0.1) is 28.4 Å². The molecule has 1 amide bonds. The van der Waals surface area contributed by atoms with E-state index in [4.69, 9.17) is 0 Å². The van der Waals surface area contributed by atoms with E-state index in [1.165, 1.54) is 12.1 Å². The van der Waals surface area contributed by atoms with Gasteiger partial charge in [0.05, 0.1) is 11.0 Å². The molecule has 1 aliphatic carbocycles. The van der Waals surface area contributed by atoms with Crippen molar-refractivity contribution >= 4 is 11.6 Å². The predicted octanol–water partition coefficient (Wildman–Crippen LogP) is 2.47. The van der Waals surface area contributed by atoms with Crippen molar-refractivity contribution in [3.63, 3.8) is 0 Å². The summed E-state index contributed by atoms with van der Waals surface area (Å²) in [5, 5.41) is 22.8. The van der Waals surface area contributed by atoms with E-state index in [0.29, 0.717) is 18.4 Å². The van der Waals surface area contributed by atoms with Crippen LogP contribution in [-0.4, -0.2) is 16.4 Å². The molecule has 0 atom stereocenters. The van der Waals surface area contributed by atoms with Crippen LogP contribution in [0.25, 0.3) is 0 Å². The summed E-state index contributed by atoms with van der Waals surface area (Å²) in [7, 11) is 0. The van der Waals surface area contributed by atoms with Crippen LogP contribution >= 0.6 is 0 Å². The van der Waals surface area contributed by atoms with Crippen molar-refractivity contribution in [3.05, 3.63) is 39.4 Å². The zero-order chi connectivity index (χ0) is 14.8. The number of benzene rings is 1. The molecule has 1 fully saturated rings. The zero-order valence-corrected chi connectivity index (χ0v) is 11.2. The smallest absolute Gasteiger partial charge is 0.270 e. The molecule has 1 saturated carbocycles. The van der Waals surface area contributed by atoms with Gasteiger partial charge in [0.2, 0.25) is 0 Å². The minimum absolute atomic E-state index is 0.118. The van der Waals surface area contributed by atoms with Gasteiger partial charge in [-0.25, -0.2) is 0 Å². The Labute approximate surface area is 116 Å². The standard InChI is InChI=1S/C14H15N3O3/c1-10-6-11(8-12(7-10)17(19)20)13(18)16-14(9-15)4-2-3-5-14/h6-8H,2-5H2,1H3,(H,16,18). The second-order valence-corrected chi connectivity index (χ2v) is 5.17. The van der Waals surface area contributed by atoms with Crippen LogP contribution in [0.2, 0.25) is 0 Å². The fraction of sp³-hybridized carbons (Fsp3) is 0.429. The lowest BCUT2D eigenvalue weighted by atomic mass is 9.99. The molecule has 0 bridgehead atoms. The summed E-state index contributed by atoms with van der Waals surface area (Å²) in [6.45, 7) is 1.69. The largest absolute Gasteiger partial charge is 0.334 e. The summed E-state index contributed by atoms with van der Waals surface area (Å²) in [4.78, 5) is 22.5. The first-order valence-corrected chi connectivity index (χ1v) is 6.46. The highest BCUT2D eigenvalue weighted by Gasteiger charge is 2.35.